The van der Waals surface area contributed by atoms with Crippen LogP contribution < -0.4 is 29.6 Å². The number of carbonyl (C=O) groups excluding carboxylic acids is 3. The van der Waals surface area contributed by atoms with E-state index in [-0.39, 0.29) is 29.8 Å². The Hall–Kier alpha value is -5.36. The van der Waals surface area contributed by atoms with Crippen LogP contribution in [0, 0.1) is 0 Å². The third-order valence-electron chi connectivity index (χ3n) is 6.65. The number of carbonyl (C=O) groups is 3. The lowest BCUT2D eigenvalue weighted by molar-refractivity contribution is -0.138. The summed E-state index contributed by atoms with van der Waals surface area (Å²) in [6.07, 6.45) is 1.48. The first-order valence-corrected chi connectivity index (χ1v) is 13.9. The summed E-state index contributed by atoms with van der Waals surface area (Å²) in [5, 5.41) is 5.95. The molecule has 0 bridgehead atoms. The number of nitrogens with zero attached hydrogens (tertiary/aromatic N) is 1. The summed E-state index contributed by atoms with van der Waals surface area (Å²) in [4.78, 5) is 41.9. The molecule has 2 aliphatic rings. The molecule has 218 valence electrons. The van der Waals surface area contributed by atoms with Gasteiger partial charge in [-0.25, -0.2) is 0 Å². The molecule has 3 amide bonds. The van der Waals surface area contributed by atoms with Gasteiger partial charge in [0.1, 0.15) is 27.9 Å². The number of nitrogens with one attached hydrogen (secondary N) is 2. The number of fused-ring (bicyclic) bond motifs is 1. The number of rotatable bonds is 10. The number of thioether (sulfide) groups is 1. The van der Waals surface area contributed by atoms with Gasteiger partial charge in [0.2, 0.25) is 6.79 Å². The van der Waals surface area contributed by atoms with Gasteiger partial charge in [-0.1, -0.05) is 11.8 Å². The van der Waals surface area contributed by atoms with Gasteiger partial charge >= 0.3 is 0 Å². The van der Waals surface area contributed by atoms with Crippen molar-refractivity contribution in [1.82, 2.24) is 4.90 Å². The highest BCUT2D eigenvalue weighted by atomic mass is 32.2. The molecule has 0 saturated carbocycles. The second kappa shape index (κ2) is 11.9. The number of hydrogen-bond donors (Lipinski definition) is 2. The number of benzene rings is 3. The van der Waals surface area contributed by atoms with E-state index >= 15 is 0 Å². The predicted molar refractivity (Wildman–Crippen MR) is 157 cm³/mol. The average Bonchev–Trinajstić information content (AvgIpc) is 3.77. The van der Waals surface area contributed by atoms with E-state index in [0.717, 1.165) is 16.7 Å². The highest BCUT2D eigenvalue weighted by Gasteiger charge is 2.40. The first kappa shape index (κ1) is 27.8. The standard InChI is InChI=1S/C31H25N3O8S/c1-38-20-8-11-23(25(15-20)39-2)33-27-28(31(37)34(30(27)36)16-21-4-3-13-40-21)43-22-9-6-19(7-10-22)32-29(35)18-5-12-24-26(14-18)42-17-41-24/h3-15,33H,16-17H2,1-2H3,(H,32,35). The van der Waals surface area contributed by atoms with E-state index in [1.54, 1.807) is 79.9 Å². The lowest BCUT2D eigenvalue weighted by Gasteiger charge is -2.15. The quantitative estimate of drug-likeness (QED) is 0.233. The molecule has 3 aromatic carbocycles. The molecular weight excluding hydrogens is 574 g/mol. The van der Waals surface area contributed by atoms with Crippen molar-refractivity contribution in [1.29, 1.82) is 0 Å². The molecule has 43 heavy (non-hydrogen) atoms. The molecule has 12 heteroatoms. The summed E-state index contributed by atoms with van der Waals surface area (Å²) in [7, 11) is 3.04. The summed E-state index contributed by atoms with van der Waals surface area (Å²) in [6.45, 7) is 0.0973. The summed E-state index contributed by atoms with van der Waals surface area (Å²) >= 11 is 1.13. The molecule has 0 atom stereocenters. The van der Waals surface area contributed by atoms with Gasteiger partial charge in [-0.05, 0) is 66.7 Å². The molecule has 1 aromatic heterocycles. The number of amides is 3. The normalized spacial score (nSPS) is 13.9. The monoisotopic (exact) mass is 599 g/mol. The number of anilines is 2. The minimum atomic E-state index is -0.505. The van der Waals surface area contributed by atoms with Gasteiger partial charge in [-0.15, -0.1) is 0 Å². The first-order valence-electron chi connectivity index (χ1n) is 13.0. The fraction of sp³-hybridized carbons (Fsp3) is 0.129. The molecule has 0 spiro atoms. The topological polar surface area (TPSA) is 129 Å². The molecule has 2 N–H and O–H groups in total. The zero-order valence-corrected chi connectivity index (χ0v) is 23.9. The average molecular weight is 600 g/mol. The Balaban J connectivity index is 1.23. The highest BCUT2D eigenvalue weighted by Crippen LogP contribution is 2.39. The van der Waals surface area contributed by atoms with Crippen molar-refractivity contribution in [3.63, 3.8) is 0 Å². The maximum atomic E-state index is 13.6. The van der Waals surface area contributed by atoms with E-state index in [1.165, 1.54) is 13.4 Å². The van der Waals surface area contributed by atoms with Crippen molar-refractivity contribution < 1.29 is 37.7 Å². The Bertz CT molecular complexity index is 1730. The van der Waals surface area contributed by atoms with Crippen molar-refractivity contribution in [3.8, 4) is 23.0 Å². The van der Waals surface area contributed by atoms with Crippen LogP contribution in [0.15, 0.2) is 99.0 Å². The van der Waals surface area contributed by atoms with Crippen LogP contribution >= 0.6 is 11.8 Å². The Morgan fingerprint density at radius 1 is 0.930 bits per heavy atom. The van der Waals surface area contributed by atoms with E-state index < -0.39 is 11.8 Å². The number of furan rings is 1. The van der Waals surface area contributed by atoms with Gasteiger partial charge in [-0.2, -0.15) is 0 Å². The largest absolute Gasteiger partial charge is 0.497 e. The van der Waals surface area contributed by atoms with Crippen LogP contribution in [0.2, 0.25) is 0 Å². The Labute approximate surface area is 250 Å². The minimum Gasteiger partial charge on any atom is -0.497 e. The van der Waals surface area contributed by atoms with E-state index in [4.69, 9.17) is 23.4 Å². The SMILES string of the molecule is COc1ccc(NC2=C(Sc3ccc(NC(=O)c4ccc5c(c4)OCO5)cc3)C(=O)N(Cc3ccco3)C2=O)c(OC)c1. The molecule has 3 heterocycles. The van der Waals surface area contributed by atoms with Crippen LogP contribution in [0.4, 0.5) is 11.4 Å². The zero-order valence-electron chi connectivity index (χ0n) is 23.0. The molecule has 11 nitrogen and oxygen atoms in total. The second-order valence-electron chi connectivity index (χ2n) is 9.32. The molecule has 4 aromatic rings. The minimum absolute atomic E-state index is 0.0233. The van der Waals surface area contributed by atoms with Gasteiger partial charge in [-0.3, -0.25) is 19.3 Å². The summed E-state index contributed by atoms with van der Waals surface area (Å²) < 4.78 is 26.8. The van der Waals surface area contributed by atoms with Gasteiger partial charge in [0, 0.05) is 22.2 Å². The maximum absolute atomic E-state index is 13.6. The number of imide groups is 1. The molecular formula is C31H25N3O8S. The van der Waals surface area contributed by atoms with Crippen LogP contribution in [0.1, 0.15) is 16.1 Å². The Morgan fingerprint density at radius 3 is 2.49 bits per heavy atom. The Morgan fingerprint density at radius 2 is 1.74 bits per heavy atom. The smallest absolute Gasteiger partial charge is 0.278 e. The summed E-state index contributed by atoms with van der Waals surface area (Å²) in [5.74, 6) is 1.29. The summed E-state index contributed by atoms with van der Waals surface area (Å²) in [6, 6.07) is 20.4. The highest BCUT2D eigenvalue weighted by molar-refractivity contribution is 8.04. The lowest BCUT2D eigenvalue weighted by atomic mass is 10.2. The van der Waals surface area contributed by atoms with Crippen molar-refractivity contribution >= 4 is 40.9 Å². The zero-order chi connectivity index (χ0) is 29.9. The van der Waals surface area contributed by atoms with E-state index in [9.17, 15) is 14.4 Å². The van der Waals surface area contributed by atoms with Crippen LogP contribution in [-0.4, -0.2) is 43.6 Å². The lowest BCUT2D eigenvalue weighted by Crippen LogP contribution is -2.31. The van der Waals surface area contributed by atoms with Crippen molar-refractivity contribution in [2.75, 3.05) is 31.6 Å². The van der Waals surface area contributed by atoms with Crippen molar-refractivity contribution in [2.45, 2.75) is 11.4 Å². The van der Waals surface area contributed by atoms with Crippen LogP contribution in [-0.2, 0) is 16.1 Å². The summed E-state index contributed by atoms with van der Waals surface area (Å²) in [5.41, 5.74) is 1.56. The second-order valence-corrected chi connectivity index (χ2v) is 10.4. The molecule has 0 unspecified atom stereocenters. The van der Waals surface area contributed by atoms with Gasteiger partial charge in [0.05, 0.1) is 32.7 Å². The van der Waals surface area contributed by atoms with E-state index in [0.29, 0.717) is 50.6 Å². The molecule has 0 saturated heterocycles. The van der Waals surface area contributed by atoms with Crippen molar-refractivity contribution in [3.05, 3.63) is 101 Å². The van der Waals surface area contributed by atoms with E-state index in [1.807, 2.05) is 0 Å². The van der Waals surface area contributed by atoms with Gasteiger partial charge in [0.15, 0.2) is 11.5 Å². The van der Waals surface area contributed by atoms with Gasteiger partial charge in [0.25, 0.3) is 17.7 Å². The molecule has 6 rings (SSSR count). The third kappa shape index (κ3) is 5.72. The molecule has 0 radical (unpaired) electrons. The number of hydrogen-bond acceptors (Lipinski definition) is 10. The van der Waals surface area contributed by atoms with Crippen LogP contribution in [0.3, 0.4) is 0 Å². The third-order valence-corrected chi connectivity index (χ3v) is 7.75. The molecule has 0 fully saturated rings. The fourth-order valence-corrected chi connectivity index (χ4v) is 5.41. The van der Waals surface area contributed by atoms with Crippen molar-refractivity contribution in [2.24, 2.45) is 0 Å². The molecule has 0 aliphatic carbocycles. The number of ether oxygens (including phenoxy) is 4. The van der Waals surface area contributed by atoms with Crippen LogP contribution in [0.25, 0.3) is 0 Å². The fourth-order valence-electron chi connectivity index (χ4n) is 4.46. The Kier molecular flexibility index (Phi) is 7.67. The van der Waals surface area contributed by atoms with Gasteiger partial charge < -0.3 is 34.0 Å². The van der Waals surface area contributed by atoms with E-state index in [2.05, 4.69) is 10.6 Å². The van der Waals surface area contributed by atoms with Crippen LogP contribution in [0.5, 0.6) is 23.0 Å². The maximum Gasteiger partial charge on any atom is 0.278 e. The predicted octanol–water partition coefficient (Wildman–Crippen LogP) is 5.26. The molecule has 2 aliphatic heterocycles. The first-order chi connectivity index (χ1) is 20.9. The number of methoxy groups -OCH3 is 2.